The van der Waals surface area contributed by atoms with Crippen LogP contribution in [0.25, 0.3) is 11.4 Å². The van der Waals surface area contributed by atoms with Crippen LogP contribution in [0.1, 0.15) is 43.5 Å². The number of ether oxygens (including phenoxy) is 1. The third-order valence-electron chi connectivity index (χ3n) is 3.81. The molecule has 0 fully saturated rings. The second-order valence-corrected chi connectivity index (χ2v) is 5.69. The number of methoxy groups -OCH3 is 1. The second-order valence-electron chi connectivity index (χ2n) is 5.69. The van der Waals surface area contributed by atoms with E-state index < -0.39 is 0 Å². The first-order valence-electron chi connectivity index (χ1n) is 8.11. The van der Waals surface area contributed by atoms with Gasteiger partial charge in [-0.1, -0.05) is 0 Å². The van der Waals surface area contributed by atoms with E-state index in [1.165, 1.54) is 7.11 Å². The van der Waals surface area contributed by atoms with Gasteiger partial charge in [0.25, 0.3) is 0 Å². The Balaban J connectivity index is 1.96. The first kappa shape index (κ1) is 18.5. The zero-order chi connectivity index (χ0) is 18.2. The maximum Gasteiger partial charge on any atom is 0.305 e. The van der Waals surface area contributed by atoms with E-state index in [0.29, 0.717) is 12.2 Å². The molecule has 0 aliphatic rings. The zero-order valence-corrected chi connectivity index (χ0v) is 14.7. The fraction of sp³-hybridized carbons (Fsp3) is 0.389. The van der Waals surface area contributed by atoms with Gasteiger partial charge < -0.3 is 10.1 Å². The van der Waals surface area contributed by atoms with Crippen molar-refractivity contribution >= 4 is 11.9 Å². The second kappa shape index (κ2) is 8.86. The Morgan fingerprint density at radius 2 is 1.96 bits per heavy atom. The average Bonchev–Trinajstić information content (AvgIpc) is 2.62. The van der Waals surface area contributed by atoms with Gasteiger partial charge in [0.1, 0.15) is 0 Å². The molecule has 0 saturated heterocycles. The number of nitrogens with one attached hydrogen (secondary N) is 1. The van der Waals surface area contributed by atoms with Crippen molar-refractivity contribution in [3.63, 3.8) is 0 Å². The maximum atomic E-state index is 12.0. The van der Waals surface area contributed by atoms with Crippen molar-refractivity contribution < 1.29 is 14.3 Å². The van der Waals surface area contributed by atoms with Crippen LogP contribution in [0.15, 0.2) is 30.7 Å². The molecule has 0 radical (unpaired) electrons. The predicted molar refractivity (Wildman–Crippen MR) is 92.4 cm³/mol. The van der Waals surface area contributed by atoms with E-state index in [0.717, 1.165) is 16.8 Å². The third-order valence-corrected chi connectivity index (χ3v) is 3.81. The highest BCUT2D eigenvalue weighted by Gasteiger charge is 2.14. The molecule has 2 aromatic rings. The molecule has 0 aromatic carbocycles. The minimum atomic E-state index is -0.309. The van der Waals surface area contributed by atoms with Crippen molar-refractivity contribution in [3.05, 3.63) is 42.0 Å². The summed E-state index contributed by atoms with van der Waals surface area (Å²) in [6.45, 7) is 3.78. The number of carbonyl (C=O) groups excluding carboxylic acids is 2. The van der Waals surface area contributed by atoms with Crippen molar-refractivity contribution in [1.29, 1.82) is 0 Å². The van der Waals surface area contributed by atoms with Gasteiger partial charge in [0.05, 0.1) is 13.2 Å². The van der Waals surface area contributed by atoms with Gasteiger partial charge in [0.15, 0.2) is 5.82 Å². The minimum Gasteiger partial charge on any atom is -0.469 e. The lowest BCUT2D eigenvalue weighted by molar-refractivity contribution is -0.140. The van der Waals surface area contributed by atoms with E-state index in [1.54, 1.807) is 18.6 Å². The Hall–Kier alpha value is -2.83. The summed E-state index contributed by atoms with van der Waals surface area (Å²) in [5.41, 5.74) is 2.56. The minimum absolute atomic E-state index is 0.117. The Labute approximate surface area is 146 Å². The maximum absolute atomic E-state index is 12.0. The van der Waals surface area contributed by atoms with E-state index in [2.05, 4.69) is 25.0 Å². The van der Waals surface area contributed by atoms with Crippen LogP contribution < -0.4 is 5.32 Å². The molecule has 0 saturated carbocycles. The van der Waals surface area contributed by atoms with Gasteiger partial charge >= 0.3 is 5.97 Å². The summed E-state index contributed by atoms with van der Waals surface area (Å²) in [7, 11) is 1.34. The van der Waals surface area contributed by atoms with Gasteiger partial charge in [-0.15, -0.1) is 0 Å². The van der Waals surface area contributed by atoms with E-state index in [9.17, 15) is 9.59 Å². The summed E-state index contributed by atoms with van der Waals surface area (Å²) < 4.78 is 4.55. The van der Waals surface area contributed by atoms with Gasteiger partial charge in [-0.25, -0.2) is 9.97 Å². The molecular formula is C18H22N4O3. The molecule has 7 nitrogen and oxygen atoms in total. The number of aryl methyl sites for hydroxylation is 1. The molecule has 2 rings (SSSR count). The van der Waals surface area contributed by atoms with Crippen LogP contribution in [-0.2, 0) is 14.3 Å². The summed E-state index contributed by atoms with van der Waals surface area (Å²) in [4.78, 5) is 35.9. The number of pyridine rings is 1. The molecular weight excluding hydrogens is 320 g/mol. The summed E-state index contributed by atoms with van der Waals surface area (Å²) in [6.07, 6.45) is 6.09. The number of aromatic nitrogens is 3. The number of nitrogens with zero attached hydrogens (tertiary/aromatic N) is 3. The van der Waals surface area contributed by atoms with Crippen LogP contribution >= 0.6 is 0 Å². The van der Waals surface area contributed by atoms with Gasteiger partial charge in [0.2, 0.25) is 5.91 Å². The molecule has 1 atom stereocenters. The van der Waals surface area contributed by atoms with Crippen molar-refractivity contribution in [2.75, 3.05) is 7.11 Å². The SMILES string of the molecule is COC(=O)CCCC(=O)N[C@H](C)c1cnc(-c2ccncc2)nc1C. The van der Waals surface area contributed by atoms with E-state index in [-0.39, 0.29) is 30.8 Å². The smallest absolute Gasteiger partial charge is 0.305 e. The summed E-state index contributed by atoms with van der Waals surface area (Å²) in [6, 6.07) is 3.49. The molecule has 1 N–H and O–H groups in total. The topological polar surface area (TPSA) is 94.1 Å². The summed E-state index contributed by atoms with van der Waals surface area (Å²) in [5, 5.41) is 2.91. The summed E-state index contributed by atoms with van der Waals surface area (Å²) in [5.74, 6) is 0.200. The van der Waals surface area contributed by atoms with Gasteiger partial charge in [-0.3, -0.25) is 14.6 Å². The molecule has 2 aromatic heterocycles. The standard InChI is InChI=1S/C18H22N4O3/c1-12(21-16(23)5-4-6-17(24)25-3)15-11-20-18(22-13(15)2)14-7-9-19-10-8-14/h7-12H,4-6H2,1-3H3,(H,21,23)/t12-/m1/s1. The quantitative estimate of drug-likeness (QED) is 0.776. The van der Waals surface area contributed by atoms with E-state index >= 15 is 0 Å². The van der Waals surface area contributed by atoms with E-state index in [4.69, 9.17) is 0 Å². The highest BCUT2D eigenvalue weighted by Crippen LogP contribution is 2.19. The lowest BCUT2D eigenvalue weighted by Crippen LogP contribution is -2.27. The third kappa shape index (κ3) is 5.34. The lowest BCUT2D eigenvalue weighted by atomic mass is 10.1. The van der Waals surface area contributed by atoms with Gasteiger partial charge in [0, 0.05) is 48.3 Å². The Kier molecular flexibility index (Phi) is 6.56. The number of esters is 1. The molecule has 25 heavy (non-hydrogen) atoms. The molecule has 0 aliphatic carbocycles. The largest absolute Gasteiger partial charge is 0.469 e. The molecule has 2 heterocycles. The van der Waals surface area contributed by atoms with Crippen LogP contribution in [0.5, 0.6) is 0 Å². The van der Waals surface area contributed by atoms with Crippen molar-refractivity contribution in [1.82, 2.24) is 20.3 Å². The number of hydrogen-bond donors (Lipinski definition) is 1. The van der Waals surface area contributed by atoms with Crippen molar-refractivity contribution in [2.24, 2.45) is 0 Å². The van der Waals surface area contributed by atoms with Crippen LogP contribution in [-0.4, -0.2) is 33.9 Å². The molecule has 7 heteroatoms. The predicted octanol–water partition coefficient (Wildman–Crippen LogP) is 2.37. The Bertz CT molecular complexity index is 734. The first-order chi connectivity index (χ1) is 12.0. The van der Waals surface area contributed by atoms with E-state index in [1.807, 2.05) is 26.0 Å². The van der Waals surface area contributed by atoms with Crippen LogP contribution in [0, 0.1) is 6.92 Å². The van der Waals surface area contributed by atoms with Gasteiger partial charge in [-0.05, 0) is 32.4 Å². The van der Waals surface area contributed by atoms with Crippen molar-refractivity contribution in [2.45, 2.75) is 39.2 Å². The van der Waals surface area contributed by atoms with Crippen LogP contribution in [0.4, 0.5) is 0 Å². The molecule has 0 bridgehead atoms. The fourth-order valence-electron chi connectivity index (χ4n) is 2.43. The summed E-state index contributed by atoms with van der Waals surface area (Å²) >= 11 is 0. The normalized spacial score (nSPS) is 11.6. The first-order valence-corrected chi connectivity index (χ1v) is 8.11. The molecule has 0 spiro atoms. The molecule has 132 valence electrons. The fourth-order valence-corrected chi connectivity index (χ4v) is 2.43. The molecule has 1 amide bonds. The lowest BCUT2D eigenvalue weighted by Gasteiger charge is -2.16. The Morgan fingerprint density at radius 3 is 2.60 bits per heavy atom. The Morgan fingerprint density at radius 1 is 1.24 bits per heavy atom. The zero-order valence-electron chi connectivity index (χ0n) is 14.7. The molecule has 0 aliphatic heterocycles. The van der Waals surface area contributed by atoms with Crippen molar-refractivity contribution in [3.8, 4) is 11.4 Å². The highest BCUT2D eigenvalue weighted by molar-refractivity contribution is 5.77. The van der Waals surface area contributed by atoms with Gasteiger partial charge in [-0.2, -0.15) is 0 Å². The average molecular weight is 342 g/mol. The number of rotatable bonds is 7. The molecule has 0 unspecified atom stereocenters. The number of hydrogen-bond acceptors (Lipinski definition) is 6. The monoisotopic (exact) mass is 342 g/mol. The number of carbonyl (C=O) groups is 2. The number of amides is 1. The van der Waals surface area contributed by atoms with Crippen LogP contribution in [0.3, 0.4) is 0 Å². The highest BCUT2D eigenvalue weighted by atomic mass is 16.5. The van der Waals surface area contributed by atoms with Crippen LogP contribution in [0.2, 0.25) is 0 Å².